The second-order valence-corrected chi connectivity index (χ2v) is 17.0. The molecule has 1 spiro atoms. The van der Waals surface area contributed by atoms with E-state index in [2.05, 4.69) is 182 Å². The van der Waals surface area contributed by atoms with Crippen LogP contribution in [0.15, 0.2) is 168 Å². The summed E-state index contributed by atoms with van der Waals surface area (Å²) >= 11 is 0. The number of para-hydroxylation sites is 2. The monoisotopic (exact) mass is 789 g/mol. The maximum atomic E-state index is 9.88. The van der Waals surface area contributed by atoms with Gasteiger partial charge < -0.3 is 13.9 Å². The quantitative estimate of drug-likeness (QED) is 0.119. The molecule has 8 aromatic rings. The van der Waals surface area contributed by atoms with Crippen molar-refractivity contribution in [2.75, 3.05) is 4.90 Å². The first-order valence-electron chi connectivity index (χ1n) is 21.7. The van der Waals surface area contributed by atoms with E-state index in [0.717, 1.165) is 61.5 Å². The van der Waals surface area contributed by atoms with Gasteiger partial charge in [0.25, 0.3) is 0 Å². The molecule has 0 saturated heterocycles. The number of rotatable bonds is 7. The molecule has 1 fully saturated rings. The summed E-state index contributed by atoms with van der Waals surface area (Å²) in [5.41, 5.74) is 16.8. The SMILES string of the molecule is C=Cc1oc2c(N(/C(C)=C/C=C(\C)C#N)c3ccc4c(c3)c3ccccc3n4-c3ccccc3)cc3c(c2c1/C=C\C)-c1ccccc1C31c2ccccc2C2CCCCC21. The Morgan fingerprint density at radius 2 is 1.54 bits per heavy atom. The Bertz CT molecular complexity index is 3240. The fraction of sp³-hybridized carbons (Fsp3) is 0.175. The van der Waals surface area contributed by atoms with Crippen molar-refractivity contribution in [3.8, 4) is 22.9 Å². The van der Waals surface area contributed by atoms with E-state index in [0.29, 0.717) is 17.4 Å². The van der Waals surface area contributed by atoms with E-state index in [1.807, 2.05) is 19.1 Å². The van der Waals surface area contributed by atoms with Crippen LogP contribution < -0.4 is 4.90 Å². The highest BCUT2D eigenvalue weighted by molar-refractivity contribution is 6.14. The molecule has 2 heterocycles. The van der Waals surface area contributed by atoms with Gasteiger partial charge in [0.2, 0.25) is 0 Å². The highest BCUT2D eigenvalue weighted by Crippen LogP contribution is 2.68. The predicted molar refractivity (Wildman–Crippen MR) is 254 cm³/mol. The number of nitriles is 1. The molecule has 0 bridgehead atoms. The van der Waals surface area contributed by atoms with Gasteiger partial charge in [-0.3, -0.25) is 0 Å². The van der Waals surface area contributed by atoms with Gasteiger partial charge in [0.1, 0.15) is 5.76 Å². The zero-order chi connectivity index (χ0) is 41.4. The van der Waals surface area contributed by atoms with Crippen molar-refractivity contribution < 1.29 is 4.42 Å². The van der Waals surface area contributed by atoms with Gasteiger partial charge in [-0.15, -0.1) is 0 Å². The third-order valence-electron chi connectivity index (χ3n) is 14.0. The number of anilines is 2. The number of furan rings is 1. The molecule has 3 unspecified atom stereocenters. The second kappa shape index (κ2) is 14.3. The van der Waals surface area contributed by atoms with Crippen LogP contribution in [0.3, 0.4) is 0 Å². The minimum Gasteiger partial charge on any atom is -0.454 e. The third-order valence-corrected chi connectivity index (χ3v) is 14.0. The second-order valence-electron chi connectivity index (χ2n) is 17.0. The number of nitrogens with zero attached hydrogens (tertiary/aromatic N) is 3. The van der Waals surface area contributed by atoms with Crippen molar-refractivity contribution in [2.24, 2.45) is 5.92 Å². The third kappa shape index (κ3) is 5.23. The fourth-order valence-corrected chi connectivity index (χ4v) is 11.7. The minimum absolute atomic E-state index is 0.330. The Hall–Kier alpha value is -7.09. The van der Waals surface area contributed by atoms with Crippen LogP contribution in [0.1, 0.15) is 85.9 Å². The molecule has 6 aromatic carbocycles. The predicted octanol–water partition coefficient (Wildman–Crippen LogP) is 15.3. The molecule has 2 aromatic heterocycles. The molecule has 296 valence electrons. The molecule has 3 aliphatic carbocycles. The standard InChI is InChI=1S/C57H47N3O/c1-5-18-44-53(6-2)61-56-52(34-49-54(55(44)56)43-24-12-16-27-48(43)57(49)46-25-14-10-21-40(46)41-22-11-15-26-47(41)57)59(37(4)30-29-36(3)35-58)39-31-32-51-45(33-39)42-23-13-17-28-50(42)60(51)38-19-8-7-9-20-38/h5-10,12-14,16-21,23-25,27-34,41,47H,2,11,15,22,26H2,1,3-4H3/b18-5-,36-29+,37-30+. The number of hydrogen-bond acceptors (Lipinski definition) is 3. The van der Waals surface area contributed by atoms with E-state index < -0.39 is 0 Å². The Morgan fingerprint density at radius 1 is 0.803 bits per heavy atom. The summed E-state index contributed by atoms with van der Waals surface area (Å²) in [5.74, 6) is 1.67. The number of aromatic nitrogens is 1. The highest BCUT2D eigenvalue weighted by atomic mass is 16.3. The molecular formula is C57H47N3O. The number of allylic oxidation sites excluding steroid dienone is 5. The summed E-state index contributed by atoms with van der Waals surface area (Å²) in [5, 5.41) is 13.3. The lowest BCUT2D eigenvalue weighted by Crippen LogP contribution is -2.35. The lowest BCUT2D eigenvalue weighted by Gasteiger charge is -2.40. The lowest BCUT2D eigenvalue weighted by molar-refractivity contribution is 0.266. The largest absolute Gasteiger partial charge is 0.454 e. The summed E-state index contributed by atoms with van der Waals surface area (Å²) < 4.78 is 9.47. The van der Waals surface area contributed by atoms with Crippen molar-refractivity contribution in [1.29, 1.82) is 5.26 Å². The molecule has 3 aliphatic rings. The first-order chi connectivity index (χ1) is 30.0. The fourth-order valence-electron chi connectivity index (χ4n) is 11.7. The summed E-state index contributed by atoms with van der Waals surface area (Å²) in [4.78, 5) is 2.36. The lowest BCUT2D eigenvalue weighted by atomic mass is 9.62. The van der Waals surface area contributed by atoms with E-state index in [1.54, 1.807) is 0 Å². The molecule has 0 amide bonds. The first kappa shape index (κ1) is 36.9. The minimum atomic E-state index is -0.330. The smallest absolute Gasteiger partial charge is 0.160 e. The molecule has 61 heavy (non-hydrogen) atoms. The molecule has 4 nitrogen and oxygen atoms in total. The zero-order valence-electron chi connectivity index (χ0n) is 35.0. The van der Waals surface area contributed by atoms with Crippen molar-refractivity contribution in [3.05, 3.63) is 197 Å². The van der Waals surface area contributed by atoms with Gasteiger partial charge >= 0.3 is 0 Å². The molecule has 0 aliphatic heterocycles. The molecule has 3 atom stereocenters. The highest BCUT2D eigenvalue weighted by Gasteiger charge is 2.59. The van der Waals surface area contributed by atoms with Crippen molar-refractivity contribution in [2.45, 2.75) is 57.8 Å². The maximum Gasteiger partial charge on any atom is 0.160 e. The Kier molecular flexibility index (Phi) is 8.65. The number of hydrogen-bond donors (Lipinski definition) is 0. The normalized spacial score (nSPS) is 19.4. The van der Waals surface area contributed by atoms with Crippen LogP contribution in [-0.2, 0) is 5.41 Å². The summed E-state index contributed by atoms with van der Waals surface area (Å²) in [7, 11) is 0. The van der Waals surface area contributed by atoms with Gasteiger partial charge in [-0.25, -0.2) is 0 Å². The van der Waals surface area contributed by atoms with Crippen LogP contribution in [0.4, 0.5) is 11.4 Å². The van der Waals surface area contributed by atoms with Crippen molar-refractivity contribution >= 4 is 56.3 Å². The molecule has 11 rings (SSSR count). The van der Waals surface area contributed by atoms with Gasteiger partial charge in [-0.1, -0.05) is 117 Å². The molecule has 0 N–H and O–H groups in total. The van der Waals surface area contributed by atoms with Crippen LogP contribution in [0.25, 0.3) is 61.7 Å². The zero-order valence-corrected chi connectivity index (χ0v) is 35.0. The van der Waals surface area contributed by atoms with E-state index >= 15 is 0 Å². The molecule has 0 radical (unpaired) electrons. The topological polar surface area (TPSA) is 45.1 Å². The number of fused-ring (bicyclic) bond motifs is 15. The van der Waals surface area contributed by atoms with Crippen LogP contribution in [-0.4, -0.2) is 4.57 Å². The number of benzene rings is 6. The van der Waals surface area contributed by atoms with Gasteiger partial charge in [0.15, 0.2) is 5.58 Å². The molecular weight excluding hydrogens is 743 g/mol. The van der Waals surface area contributed by atoms with E-state index in [9.17, 15) is 5.26 Å². The van der Waals surface area contributed by atoms with Gasteiger partial charge in [0.05, 0.1) is 28.2 Å². The van der Waals surface area contributed by atoms with Crippen LogP contribution in [0.5, 0.6) is 0 Å². The van der Waals surface area contributed by atoms with E-state index in [4.69, 9.17) is 4.42 Å². The summed E-state index contributed by atoms with van der Waals surface area (Å²) in [6.07, 6.45) is 15.0. The van der Waals surface area contributed by atoms with Gasteiger partial charge in [0, 0.05) is 44.4 Å². The van der Waals surface area contributed by atoms with Crippen LogP contribution >= 0.6 is 0 Å². The van der Waals surface area contributed by atoms with E-state index in [1.165, 1.54) is 64.5 Å². The average Bonchev–Trinajstić information content (AvgIpc) is 4.02. The van der Waals surface area contributed by atoms with Crippen molar-refractivity contribution in [1.82, 2.24) is 4.57 Å². The van der Waals surface area contributed by atoms with Gasteiger partial charge in [-0.05, 0) is 140 Å². The average molecular weight is 790 g/mol. The maximum absolute atomic E-state index is 9.88. The van der Waals surface area contributed by atoms with Crippen molar-refractivity contribution in [3.63, 3.8) is 0 Å². The summed E-state index contributed by atoms with van der Waals surface area (Å²) in [6.45, 7) is 10.4. The first-order valence-corrected chi connectivity index (χ1v) is 21.7. The Balaban J connectivity index is 1.27. The molecule has 4 heteroatoms. The van der Waals surface area contributed by atoms with E-state index in [-0.39, 0.29) is 5.41 Å². The summed E-state index contributed by atoms with van der Waals surface area (Å²) in [6, 6.07) is 49.5. The Labute approximate surface area is 357 Å². The molecule has 1 saturated carbocycles. The Morgan fingerprint density at radius 3 is 2.36 bits per heavy atom. The van der Waals surface area contributed by atoms with Gasteiger partial charge in [-0.2, -0.15) is 5.26 Å². The van der Waals surface area contributed by atoms with Crippen LogP contribution in [0.2, 0.25) is 0 Å². The van der Waals surface area contributed by atoms with Crippen LogP contribution in [0, 0.1) is 17.2 Å².